The Balaban J connectivity index is 1.56. The van der Waals surface area contributed by atoms with E-state index in [2.05, 4.69) is 19.9 Å². The average molecular weight is 397 g/mol. The fraction of sp³-hybridized carbons (Fsp3) is 0.444. The minimum atomic E-state index is -2.89. The number of ether oxygens (including phenoxy) is 2. The van der Waals surface area contributed by atoms with Crippen molar-refractivity contribution in [2.45, 2.75) is 39.2 Å². The third kappa shape index (κ3) is 5.69. The van der Waals surface area contributed by atoms with Gasteiger partial charge in [0.05, 0.1) is 17.9 Å². The lowest BCUT2D eigenvalue weighted by atomic mass is 10.2. The topological polar surface area (TPSA) is 63.7 Å². The molecule has 1 fully saturated rings. The molecule has 1 aromatic carbocycles. The van der Waals surface area contributed by atoms with E-state index in [1.807, 2.05) is 19.2 Å². The molecule has 0 aliphatic carbocycles. The Morgan fingerprint density at radius 1 is 1.33 bits per heavy atom. The first kappa shape index (κ1) is 19.7. The maximum atomic E-state index is 12.3. The molecule has 146 valence electrons. The lowest BCUT2D eigenvalue weighted by molar-refractivity contribution is -0.0707. The Morgan fingerprint density at radius 2 is 2.00 bits per heavy atom. The van der Waals surface area contributed by atoms with Crippen LogP contribution in [0.4, 0.5) is 13.9 Å². The summed E-state index contributed by atoms with van der Waals surface area (Å²) in [4.78, 5) is 19.0. The number of thiazole rings is 1. The zero-order chi connectivity index (χ0) is 19.4. The van der Waals surface area contributed by atoms with Gasteiger partial charge in [-0.15, -0.1) is 11.3 Å². The minimum absolute atomic E-state index is 0.00653. The second kappa shape index (κ2) is 8.73. The molecule has 0 unspecified atom stereocenters. The molecule has 1 aliphatic heterocycles. The summed E-state index contributed by atoms with van der Waals surface area (Å²) in [6.07, 6.45) is 0.368. The molecule has 3 rings (SSSR count). The number of hydrogen-bond acceptors (Lipinski definition) is 6. The normalized spacial score (nSPS) is 20.6. The molecule has 1 aromatic heterocycles. The molecule has 2 heterocycles. The molecule has 0 saturated carbocycles. The number of amides is 1. The number of alkyl halides is 2. The van der Waals surface area contributed by atoms with E-state index >= 15 is 0 Å². The summed E-state index contributed by atoms with van der Waals surface area (Å²) in [5.41, 5.74) is 1.22. The first-order valence-corrected chi connectivity index (χ1v) is 9.45. The predicted molar refractivity (Wildman–Crippen MR) is 98.4 cm³/mol. The fourth-order valence-electron chi connectivity index (χ4n) is 3.04. The van der Waals surface area contributed by atoms with Gasteiger partial charge in [-0.1, -0.05) is 0 Å². The number of rotatable bonds is 6. The summed E-state index contributed by atoms with van der Waals surface area (Å²) in [5, 5.41) is 5.14. The number of anilines is 1. The molecule has 2 aromatic rings. The quantitative estimate of drug-likeness (QED) is 0.807. The van der Waals surface area contributed by atoms with Crippen LogP contribution in [0.3, 0.4) is 0 Å². The Hall–Kier alpha value is -2.10. The van der Waals surface area contributed by atoms with Crippen LogP contribution >= 0.6 is 11.3 Å². The third-order valence-electron chi connectivity index (χ3n) is 3.99. The van der Waals surface area contributed by atoms with Crippen LogP contribution in [0.5, 0.6) is 5.75 Å². The van der Waals surface area contributed by atoms with Gasteiger partial charge in [0.25, 0.3) is 5.91 Å². The van der Waals surface area contributed by atoms with Crippen molar-refractivity contribution in [3.05, 3.63) is 40.9 Å². The molecule has 1 amide bonds. The van der Waals surface area contributed by atoms with E-state index in [0.717, 1.165) is 18.8 Å². The van der Waals surface area contributed by atoms with Gasteiger partial charge < -0.3 is 9.47 Å². The summed E-state index contributed by atoms with van der Waals surface area (Å²) in [7, 11) is 0. The van der Waals surface area contributed by atoms with Gasteiger partial charge in [0.15, 0.2) is 5.13 Å². The monoisotopic (exact) mass is 397 g/mol. The van der Waals surface area contributed by atoms with Crippen molar-refractivity contribution in [3.63, 3.8) is 0 Å². The van der Waals surface area contributed by atoms with Gasteiger partial charge >= 0.3 is 6.61 Å². The van der Waals surface area contributed by atoms with Crippen molar-refractivity contribution < 1.29 is 23.0 Å². The zero-order valence-corrected chi connectivity index (χ0v) is 15.8. The number of nitrogens with zero attached hydrogens (tertiary/aromatic N) is 2. The molecular weight excluding hydrogens is 376 g/mol. The Labute approximate surface area is 160 Å². The van der Waals surface area contributed by atoms with E-state index in [-0.39, 0.29) is 23.9 Å². The summed E-state index contributed by atoms with van der Waals surface area (Å²) >= 11 is 1.35. The molecule has 0 bridgehead atoms. The van der Waals surface area contributed by atoms with E-state index in [9.17, 15) is 13.6 Å². The summed E-state index contributed by atoms with van der Waals surface area (Å²) in [6.45, 7) is 3.59. The van der Waals surface area contributed by atoms with Gasteiger partial charge in [0.2, 0.25) is 0 Å². The van der Waals surface area contributed by atoms with Crippen molar-refractivity contribution >= 4 is 22.4 Å². The number of hydrogen-bond donors (Lipinski definition) is 1. The Morgan fingerprint density at radius 3 is 2.63 bits per heavy atom. The zero-order valence-electron chi connectivity index (χ0n) is 15.0. The fourth-order valence-corrected chi connectivity index (χ4v) is 3.73. The number of benzene rings is 1. The first-order valence-electron chi connectivity index (χ1n) is 8.57. The van der Waals surface area contributed by atoms with E-state index in [0.29, 0.717) is 17.2 Å². The molecule has 9 heteroatoms. The average Bonchev–Trinajstić information content (AvgIpc) is 3.00. The largest absolute Gasteiger partial charge is 0.435 e. The van der Waals surface area contributed by atoms with Gasteiger partial charge in [0.1, 0.15) is 5.75 Å². The van der Waals surface area contributed by atoms with Crippen molar-refractivity contribution in [1.29, 1.82) is 0 Å². The summed E-state index contributed by atoms with van der Waals surface area (Å²) in [5.74, 6) is -0.347. The lowest BCUT2D eigenvalue weighted by Crippen LogP contribution is -2.44. The molecule has 1 saturated heterocycles. The Kier molecular flexibility index (Phi) is 6.35. The molecular formula is C18H21F2N3O3S. The number of carbonyl (C=O) groups is 1. The van der Waals surface area contributed by atoms with Crippen molar-refractivity contribution in [3.8, 4) is 5.75 Å². The van der Waals surface area contributed by atoms with Gasteiger partial charge in [-0.2, -0.15) is 8.78 Å². The van der Waals surface area contributed by atoms with Gasteiger partial charge in [-0.05, 0) is 38.1 Å². The number of nitrogens with one attached hydrogen (secondary N) is 1. The van der Waals surface area contributed by atoms with Gasteiger partial charge in [0, 0.05) is 30.6 Å². The van der Waals surface area contributed by atoms with E-state index in [1.54, 1.807) is 0 Å². The molecule has 27 heavy (non-hydrogen) atoms. The second-order valence-corrected chi connectivity index (χ2v) is 7.31. The molecule has 1 N–H and O–H groups in total. The molecule has 0 spiro atoms. The van der Waals surface area contributed by atoms with Crippen molar-refractivity contribution in [1.82, 2.24) is 9.88 Å². The highest BCUT2D eigenvalue weighted by atomic mass is 32.1. The van der Waals surface area contributed by atoms with Crippen LogP contribution in [-0.4, -0.2) is 47.7 Å². The minimum Gasteiger partial charge on any atom is -0.435 e. The third-order valence-corrected chi connectivity index (χ3v) is 4.80. The predicted octanol–water partition coefficient (Wildman–Crippen LogP) is 3.61. The van der Waals surface area contributed by atoms with E-state index in [1.165, 1.54) is 35.6 Å². The van der Waals surface area contributed by atoms with E-state index in [4.69, 9.17) is 4.74 Å². The summed E-state index contributed by atoms with van der Waals surface area (Å²) in [6, 6.07) is 5.51. The summed E-state index contributed by atoms with van der Waals surface area (Å²) < 4.78 is 34.3. The number of morpholine rings is 1. The van der Waals surface area contributed by atoms with Crippen molar-refractivity contribution in [2.75, 3.05) is 18.4 Å². The van der Waals surface area contributed by atoms with Crippen LogP contribution in [0.2, 0.25) is 0 Å². The van der Waals surface area contributed by atoms with Crippen LogP contribution < -0.4 is 10.1 Å². The van der Waals surface area contributed by atoms with Gasteiger partial charge in [-0.25, -0.2) is 4.98 Å². The van der Waals surface area contributed by atoms with Gasteiger partial charge in [-0.3, -0.25) is 15.0 Å². The highest BCUT2D eigenvalue weighted by Crippen LogP contribution is 2.21. The second-order valence-electron chi connectivity index (χ2n) is 6.45. The smallest absolute Gasteiger partial charge is 0.387 e. The number of aromatic nitrogens is 1. The lowest BCUT2D eigenvalue weighted by Gasteiger charge is -2.34. The van der Waals surface area contributed by atoms with Crippen LogP contribution in [0, 0.1) is 0 Å². The molecule has 1 aliphatic rings. The van der Waals surface area contributed by atoms with Crippen LogP contribution in [0.15, 0.2) is 29.6 Å². The molecule has 0 radical (unpaired) electrons. The Bertz CT molecular complexity index is 759. The van der Waals surface area contributed by atoms with Crippen molar-refractivity contribution in [2.24, 2.45) is 0 Å². The maximum Gasteiger partial charge on any atom is 0.387 e. The highest BCUT2D eigenvalue weighted by molar-refractivity contribution is 7.13. The van der Waals surface area contributed by atoms with Crippen LogP contribution in [-0.2, 0) is 11.3 Å². The van der Waals surface area contributed by atoms with Crippen LogP contribution in [0.1, 0.15) is 29.9 Å². The highest BCUT2D eigenvalue weighted by Gasteiger charge is 2.22. The molecule has 6 nitrogen and oxygen atoms in total. The standard InChI is InChI=1S/C18H21F2N3O3S/c1-11-7-23(8-12(2)25-11)9-14-10-27-18(21-14)22-16(24)13-3-5-15(6-4-13)26-17(19)20/h3-6,10-12,17H,7-9H2,1-2H3,(H,21,22,24)/t11-,12-/m1/s1. The number of halogens is 2. The number of carbonyl (C=O) groups excluding carboxylic acids is 1. The van der Waals surface area contributed by atoms with E-state index < -0.39 is 6.61 Å². The maximum absolute atomic E-state index is 12.3. The SMILES string of the molecule is C[C@@H]1CN(Cc2csc(NC(=O)c3ccc(OC(F)F)cc3)n2)C[C@@H](C)O1. The molecule has 2 atom stereocenters. The van der Waals surface area contributed by atoms with Crippen LogP contribution in [0.25, 0.3) is 0 Å². The first-order chi connectivity index (χ1) is 12.9.